The molecule has 0 fully saturated rings. The van der Waals surface area contributed by atoms with Crippen molar-refractivity contribution in [1.82, 2.24) is 0 Å². The van der Waals surface area contributed by atoms with Gasteiger partial charge in [-0.2, -0.15) is 0 Å². The summed E-state index contributed by atoms with van der Waals surface area (Å²) in [5.41, 5.74) is 3.65. The summed E-state index contributed by atoms with van der Waals surface area (Å²) in [5, 5.41) is 8.94. The predicted molar refractivity (Wildman–Crippen MR) is 105 cm³/mol. The molecule has 0 saturated heterocycles. The first-order chi connectivity index (χ1) is 11.7. The number of carbonyl (C=O) groups is 1. The Hall–Kier alpha value is -2.07. The fourth-order valence-electron chi connectivity index (χ4n) is 3.60. The zero-order valence-electron chi connectivity index (χ0n) is 15.0. The van der Waals surface area contributed by atoms with Crippen molar-refractivity contribution in [3.8, 4) is 0 Å². The molecule has 3 nitrogen and oxygen atoms in total. The highest BCUT2D eigenvalue weighted by atomic mass is 32.2. The van der Waals surface area contributed by atoms with E-state index in [1.165, 1.54) is 10.5 Å². The van der Waals surface area contributed by atoms with Crippen molar-refractivity contribution in [2.75, 3.05) is 0 Å². The van der Waals surface area contributed by atoms with Gasteiger partial charge in [0.15, 0.2) is 0 Å². The molecular weight excluding hydrogens is 330 g/mol. The maximum atomic E-state index is 10.9. The largest absolute Gasteiger partial charge is 0.478 e. The van der Waals surface area contributed by atoms with Crippen molar-refractivity contribution in [3.05, 3.63) is 59.2 Å². The summed E-state index contributed by atoms with van der Waals surface area (Å²) in [4.78, 5) is 16.7. The summed E-state index contributed by atoms with van der Waals surface area (Å²) in [7, 11) is 0. The Morgan fingerprint density at radius 1 is 1.12 bits per heavy atom. The monoisotopic (exact) mass is 353 g/mol. The summed E-state index contributed by atoms with van der Waals surface area (Å²) in [6, 6.07) is 13.1. The normalized spacial score (nSPS) is 18.1. The van der Waals surface area contributed by atoms with E-state index in [4.69, 9.17) is 5.11 Å². The fourth-order valence-corrected chi connectivity index (χ4v) is 5.27. The maximum absolute atomic E-state index is 10.9. The van der Waals surface area contributed by atoms with E-state index in [2.05, 4.69) is 50.9 Å². The highest BCUT2D eigenvalue weighted by molar-refractivity contribution is 8.00. The molecule has 1 aliphatic heterocycles. The van der Waals surface area contributed by atoms with Gasteiger partial charge >= 0.3 is 5.97 Å². The first kappa shape index (κ1) is 17.7. The van der Waals surface area contributed by atoms with Crippen LogP contribution in [0.15, 0.2) is 52.4 Å². The van der Waals surface area contributed by atoms with Gasteiger partial charge in [0.25, 0.3) is 0 Å². The van der Waals surface area contributed by atoms with Crippen LogP contribution >= 0.6 is 11.8 Å². The number of benzene rings is 2. The molecule has 0 unspecified atom stereocenters. The third-order valence-electron chi connectivity index (χ3n) is 4.47. The lowest BCUT2D eigenvalue weighted by molar-refractivity contribution is 0.0697. The second-order valence-corrected chi connectivity index (χ2v) is 9.54. The Morgan fingerprint density at radius 3 is 2.44 bits per heavy atom. The van der Waals surface area contributed by atoms with E-state index < -0.39 is 5.97 Å². The lowest BCUT2D eigenvalue weighted by Crippen LogP contribution is -2.33. The number of nitrogens with zero attached hydrogens (tertiary/aromatic N) is 1. The Bertz CT molecular complexity index is 835. The zero-order chi connectivity index (χ0) is 18.2. The molecule has 0 atom stereocenters. The first-order valence-electron chi connectivity index (χ1n) is 8.37. The van der Waals surface area contributed by atoms with E-state index in [9.17, 15) is 4.79 Å². The van der Waals surface area contributed by atoms with E-state index in [-0.39, 0.29) is 15.7 Å². The van der Waals surface area contributed by atoms with Crippen LogP contribution in [0.3, 0.4) is 0 Å². The Labute approximate surface area is 153 Å². The van der Waals surface area contributed by atoms with Crippen LogP contribution in [0.25, 0.3) is 0 Å². The second-order valence-electron chi connectivity index (χ2n) is 7.79. The summed E-state index contributed by atoms with van der Waals surface area (Å²) >= 11 is 1.93. The molecule has 1 heterocycles. The van der Waals surface area contributed by atoms with Crippen LogP contribution in [0.5, 0.6) is 0 Å². The second kappa shape index (κ2) is 6.34. The molecule has 0 bridgehead atoms. The Kier molecular flexibility index (Phi) is 4.50. The van der Waals surface area contributed by atoms with Gasteiger partial charge in [0, 0.05) is 15.9 Å². The number of rotatable bonds is 3. The molecule has 1 aliphatic rings. The van der Waals surface area contributed by atoms with Gasteiger partial charge in [-0.3, -0.25) is 4.99 Å². The number of carboxylic acids is 1. The molecular formula is C21H23NO2S. The van der Waals surface area contributed by atoms with E-state index >= 15 is 0 Å². The van der Waals surface area contributed by atoms with Crippen molar-refractivity contribution in [3.63, 3.8) is 0 Å². The molecule has 3 rings (SSSR count). The number of aromatic carboxylic acids is 1. The molecule has 0 saturated carbocycles. The average Bonchev–Trinajstić information content (AvgIpc) is 2.51. The van der Waals surface area contributed by atoms with E-state index in [1.807, 2.05) is 18.0 Å². The lowest BCUT2D eigenvalue weighted by atomic mass is 9.77. The van der Waals surface area contributed by atoms with Crippen molar-refractivity contribution < 1.29 is 9.90 Å². The average molecular weight is 353 g/mol. The van der Waals surface area contributed by atoms with Gasteiger partial charge in [0.1, 0.15) is 0 Å². The molecule has 0 amide bonds. The zero-order valence-corrected chi connectivity index (χ0v) is 15.9. The number of carboxylic acid groups (broad SMARTS) is 1. The van der Waals surface area contributed by atoms with Gasteiger partial charge in [-0.1, -0.05) is 39.8 Å². The highest BCUT2D eigenvalue weighted by Crippen LogP contribution is 2.50. The van der Waals surface area contributed by atoms with Gasteiger partial charge < -0.3 is 5.11 Å². The van der Waals surface area contributed by atoms with Gasteiger partial charge in [-0.25, -0.2) is 4.79 Å². The van der Waals surface area contributed by atoms with Gasteiger partial charge in [-0.05, 0) is 53.3 Å². The fraction of sp³-hybridized carbons (Fsp3) is 0.333. The minimum atomic E-state index is -0.924. The summed E-state index contributed by atoms with van der Waals surface area (Å²) in [6.45, 7) is 9.22. The SMILES string of the molecule is CC1(C)CC(C)(C)c2ccc(C=Nc3ccc(C(=O)O)cc3)cc2S1. The van der Waals surface area contributed by atoms with Crippen LogP contribution in [-0.2, 0) is 5.41 Å². The van der Waals surface area contributed by atoms with Crippen molar-refractivity contribution in [2.24, 2.45) is 4.99 Å². The number of hydrogen-bond acceptors (Lipinski definition) is 3. The first-order valence-corrected chi connectivity index (χ1v) is 9.19. The lowest BCUT2D eigenvalue weighted by Gasteiger charge is -2.41. The molecule has 1 N–H and O–H groups in total. The minimum absolute atomic E-state index is 0.173. The minimum Gasteiger partial charge on any atom is -0.478 e. The molecule has 25 heavy (non-hydrogen) atoms. The number of fused-ring (bicyclic) bond motifs is 1. The molecule has 2 aromatic rings. The van der Waals surface area contributed by atoms with Crippen molar-refractivity contribution >= 4 is 29.6 Å². The third-order valence-corrected chi connectivity index (χ3v) is 5.72. The van der Waals surface area contributed by atoms with Gasteiger partial charge in [0.2, 0.25) is 0 Å². The molecule has 0 aliphatic carbocycles. The van der Waals surface area contributed by atoms with Crippen molar-refractivity contribution in [1.29, 1.82) is 0 Å². The Balaban J connectivity index is 1.86. The van der Waals surface area contributed by atoms with Crippen LogP contribution in [0.1, 0.15) is 55.6 Å². The van der Waals surface area contributed by atoms with Crippen LogP contribution in [0.4, 0.5) is 5.69 Å². The predicted octanol–water partition coefficient (Wildman–Crippen LogP) is 5.69. The maximum Gasteiger partial charge on any atom is 0.335 e. The molecule has 0 spiro atoms. The highest BCUT2D eigenvalue weighted by Gasteiger charge is 2.37. The standard InChI is InChI=1S/C21H23NO2S/c1-20(2)13-21(3,4)25-18-11-14(5-10-17(18)20)12-22-16-8-6-15(7-9-16)19(23)24/h5-12H,13H2,1-4H3,(H,23,24). The smallest absolute Gasteiger partial charge is 0.335 e. The Morgan fingerprint density at radius 2 is 1.80 bits per heavy atom. The third kappa shape index (κ3) is 3.96. The van der Waals surface area contributed by atoms with E-state index in [0.29, 0.717) is 0 Å². The number of aliphatic imine (C=N–C) groups is 1. The summed E-state index contributed by atoms with van der Waals surface area (Å²) in [5.74, 6) is -0.924. The van der Waals surface area contributed by atoms with Crippen LogP contribution in [0, 0.1) is 0 Å². The molecule has 2 aromatic carbocycles. The van der Waals surface area contributed by atoms with Crippen LogP contribution < -0.4 is 0 Å². The van der Waals surface area contributed by atoms with E-state index in [0.717, 1.165) is 17.7 Å². The van der Waals surface area contributed by atoms with E-state index in [1.54, 1.807) is 24.3 Å². The molecule has 0 radical (unpaired) electrons. The molecule has 4 heteroatoms. The quantitative estimate of drug-likeness (QED) is 0.721. The van der Waals surface area contributed by atoms with Crippen LogP contribution in [-0.4, -0.2) is 22.0 Å². The van der Waals surface area contributed by atoms with Crippen molar-refractivity contribution in [2.45, 2.75) is 49.2 Å². The molecule has 0 aromatic heterocycles. The van der Waals surface area contributed by atoms with Gasteiger partial charge in [0.05, 0.1) is 11.3 Å². The topological polar surface area (TPSA) is 49.7 Å². The van der Waals surface area contributed by atoms with Crippen LogP contribution in [0.2, 0.25) is 0 Å². The molecule has 130 valence electrons. The number of thioether (sulfide) groups is 1. The summed E-state index contributed by atoms with van der Waals surface area (Å²) < 4.78 is 0.221. The number of hydrogen-bond donors (Lipinski definition) is 1. The van der Waals surface area contributed by atoms with Gasteiger partial charge in [-0.15, -0.1) is 11.8 Å². The summed E-state index contributed by atoms with van der Waals surface area (Å²) in [6.07, 6.45) is 2.99.